The largest absolute Gasteiger partial charge is 0.471 e. The zero-order valence-electron chi connectivity index (χ0n) is 22.7. The van der Waals surface area contributed by atoms with Crippen LogP contribution in [-0.4, -0.2) is 57.2 Å². The molecule has 3 aliphatic rings. The molecule has 1 atom stereocenters. The molecule has 0 bridgehead atoms. The van der Waals surface area contributed by atoms with Gasteiger partial charge in [0.2, 0.25) is 0 Å². The van der Waals surface area contributed by atoms with E-state index in [0.29, 0.717) is 0 Å². The van der Waals surface area contributed by atoms with Gasteiger partial charge in [-0.1, -0.05) is 18.5 Å². The molecule has 0 amide bonds. The Bertz CT molecular complexity index is 1570. The van der Waals surface area contributed by atoms with Crippen molar-refractivity contribution in [3.8, 4) is 0 Å². The first kappa shape index (κ1) is 27.7. The molecule has 2 aromatic heterocycles. The van der Waals surface area contributed by atoms with Crippen molar-refractivity contribution in [2.24, 2.45) is 16.9 Å². The lowest BCUT2D eigenvalue weighted by molar-refractivity contribution is 0.248. The summed E-state index contributed by atoms with van der Waals surface area (Å²) in [6.07, 6.45) is 13.1. The molecule has 0 spiro atoms. The van der Waals surface area contributed by atoms with Gasteiger partial charge in [-0.25, -0.2) is 17.8 Å². The number of nitrogens with zero attached hydrogens (tertiary/aromatic N) is 5. The first-order valence-electron chi connectivity index (χ1n) is 13.8. The number of rotatable bonds is 9. The minimum absolute atomic E-state index is 0.0108. The van der Waals surface area contributed by atoms with E-state index in [1.807, 2.05) is 12.4 Å². The van der Waals surface area contributed by atoms with Crippen molar-refractivity contribution in [2.45, 2.75) is 31.1 Å². The Morgan fingerprint density at radius 2 is 1.95 bits per heavy atom. The molecule has 41 heavy (non-hydrogen) atoms. The number of hydrogen-bond donors (Lipinski definition) is 1. The fourth-order valence-corrected chi connectivity index (χ4v) is 6.62. The molecule has 1 saturated heterocycles. The zero-order valence-corrected chi connectivity index (χ0v) is 24.3. The van der Waals surface area contributed by atoms with Crippen LogP contribution in [0.2, 0.25) is 5.02 Å². The number of hydrogen-bond acceptors (Lipinski definition) is 8. The van der Waals surface area contributed by atoms with Crippen molar-refractivity contribution >= 4 is 50.5 Å². The third-order valence-corrected chi connectivity index (χ3v) is 9.55. The Labute approximate surface area is 244 Å². The molecule has 2 fully saturated rings. The molecule has 9 nitrogen and oxygen atoms in total. The highest BCUT2D eigenvalue weighted by atomic mass is 35.5. The van der Waals surface area contributed by atoms with E-state index in [4.69, 9.17) is 16.0 Å². The smallest absolute Gasteiger partial charge is 0.265 e. The van der Waals surface area contributed by atoms with Crippen LogP contribution in [0.5, 0.6) is 0 Å². The van der Waals surface area contributed by atoms with Crippen LogP contribution in [0, 0.1) is 17.7 Å². The van der Waals surface area contributed by atoms with E-state index in [2.05, 4.69) is 37.6 Å². The van der Waals surface area contributed by atoms with Crippen molar-refractivity contribution in [2.75, 3.05) is 47.4 Å². The number of nitrogens with one attached hydrogen (secondary N) is 1. The SMILES string of the molecule is CCC1C=NN(c2c(F)ccc(NS(=O)(=O)c3ccoc3)c2Cl)C=C1c1cncc(N2CCN(CC3CC3)CC2)c1. The molecule has 216 valence electrons. The number of halogens is 2. The average molecular weight is 599 g/mol. The Morgan fingerprint density at radius 1 is 1.15 bits per heavy atom. The summed E-state index contributed by atoms with van der Waals surface area (Å²) < 4.78 is 48.0. The predicted molar refractivity (Wildman–Crippen MR) is 159 cm³/mol. The molecule has 1 aliphatic carbocycles. The molecule has 2 aliphatic heterocycles. The van der Waals surface area contributed by atoms with Gasteiger partial charge in [-0.2, -0.15) is 5.10 Å². The Balaban J connectivity index is 1.27. The number of furan rings is 1. The lowest BCUT2D eigenvalue weighted by Crippen LogP contribution is -2.47. The van der Waals surface area contributed by atoms with E-state index >= 15 is 4.39 Å². The van der Waals surface area contributed by atoms with Gasteiger partial charge in [0, 0.05) is 62.8 Å². The van der Waals surface area contributed by atoms with Crippen LogP contribution in [0.4, 0.5) is 21.5 Å². The van der Waals surface area contributed by atoms with Gasteiger partial charge in [0.05, 0.1) is 28.9 Å². The summed E-state index contributed by atoms with van der Waals surface area (Å²) in [5.41, 5.74) is 2.86. The number of sulfonamides is 1. The van der Waals surface area contributed by atoms with Crippen molar-refractivity contribution in [3.63, 3.8) is 0 Å². The zero-order chi connectivity index (χ0) is 28.6. The van der Waals surface area contributed by atoms with Crippen LogP contribution in [0.15, 0.2) is 69.8 Å². The third-order valence-electron chi connectivity index (χ3n) is 7.83. The van der Waals surface area contributed by atoms with Gasteiger partial charge in [-0.05, 0) is 55.0 Å². The molecule has 0 radical (unpaired) electrons. The summed E-state index contributed by atoms with van der Waals surface area (Å²) in [7, 11) is -3.98. The van der Waals surface area contributed by atoms with Gasteiger partial charge in [0.15, 0.2) is 5.82 Å². The third kappa shape index (κ3) is 5.98. The highest BCUT2D eigenvalue weighted by Gasteiger charge is 2.28. The lowest BCUT2D eigenvalue weighted by atomic mass is 9.92. The number of hydrazone groups is 1. The van der Waals surface area contributed by atoms with Gasteiger partial charge in [0.1, 0.15) is 16.8 Å². The molecule has 4 heterocycles. The molecule has 6 rings (SSSR count). The van der Waals surface area contributed by atoms with E-state index in [0.717, 1.165) is 67.7 Å². The lowest BCUT2D eigenvalue weighted by Gasteiger charge is -2.36. The normalized spacial score (nSPS) is 19.9. The van der Waals surface area contributed by atoms with Crippen molar-refractivity contribution in [3.05, 3.63) is 71.8 Å². The Kier molecular flexibility index (Phi) is 7.76. The maximum Gasteiger partial charge on any atom is 0.265 e. The van der Waals surface area contributed by atoms with E-state index in [9.17, 15) is 8.42 Å². The molecule has 1 unspecified atom stereocenters. The molecule has 1 aromatic carbocycles. The number of anilines is 3. The minimum atomic E-state index is -3.98. The maximum absolute atomic E-state index is 15.2. The van der Waals surface area contributed by atoms with Crippen molar-refractivity contribution < 1.29 is 17.2 Å². The van der Waals surface area contributed by atoms with Crippen LogP contribution in [-0.2, 0) is 10.0 Å². The summed E-state index contributed by atoms with van der Waals surface area (Å²) in [5.74, 6) is 0.235. The van der Waals surface area contributed by atoms with Gasteiger partial charge < -0.3 is 9.32 Å². The second-order valence-corrected chi connectivity index (χ2v) is 12.8. The summed E-state index contributed by atoms with van der Waals surface area (Å²) in [5, 5.41) is 5.71. The quantitative estimate of drug-likeness (QED) is 0.339. The fourth-order valence-electron chi connectivity index (χ4n) is 5.28. The first-order chi connectivity index (χ1) is 19.8. The minimum Gasteiger partial charge on any atom is -0.471 e. The summed E-state index contributed by atoms with van der Waals surface area (Å²) in [4.78, 5) is 9.40. The van der Waals surface area contributed by atoms with Gasteiger partial charge in [0.25, 0.3) is 10.0 Å². The fraction of sp³-hybridized carbons (Fsp3) is 0.379. The summed E-state index contributed by atoms with van der Waals surface area (Å²) in [6, 6.07) is 5.88. The molecular formula is C29H32ClFN6O3S. The van der Waals surface area contributed by atoms with Crippen molar-refractivity contribution in [1.29, 1.82) is 0 Å². The van der Waals surface area contributed by atoms with Crippen LogP contribution in [0.1, 0.15) is 31.7 Å². The predicted octanol–water partition coefficient (Wildman–Crippen LogP) is 5.67. The molecular weight excluding hydrogens is 567 g/mol. The van der Waals surface area contributed by atoms with Gasteiger partial charge in [-0.3, -0.25) is 14.6 Å². The Hall–Kier alpha value is -3.41. The topological polar surface area (TPSA) is 94.3 Å². The van der Waals surface area contributed by atoms with Gasteiger partial charge >= 0.3 is 0 Å². The Morgan fingerprint density at radius 3 is 2.66 bits per heavy atom. The van der Waals surface area contributed by atoms with Crippen LogP contribution in [0.3, 0.4) is 0 Å². The maximum atomic E-state index is 15.2. The van der Waals surface area contributed by atoms with Crippen molar-refractivity contribution in [1.82, 2.24) is 9.88 Å². The monoisotopic (exact) mass is 598 g/mol. The average Bonchev–Trinajstić information content (AvgIpc) is 3.61. The molecule has 1 N–H and O–H groups in total. The van der Waals surface area contributed by atoms with Crippen LogP contribution < -0.4 is 14.6 Å². The van der Waals surface area contributed by atoms with E-state index in [1.165, 1.54) is 42.8 Å². The molecule has 12 heteroatoms. The number of allylic oxidation sites excluding steroid dienone is 1. The molecule has 3 aromatic rings. The number of pyridine rings is 1. The van der Waals surface area contributed by atoms with Crippen LogP contribution >= 0.6 is 11.6 Å². The van der Waals surface area contributed by atoms with Gasteiger partial charge in [-0.15, -0.1) is 0 Å². The van der Waals surface area contributed by atoms with E-state index in [-0.39, 0.29) is 27.2 Å². The number of benzene rings is 1. The highest BCUT2D eigenvalue weighted by Crippen LogP contribution is 2.40. The summed E-state index contributed by atoms with van der Waals surface area (Å²) >= 11 is 6.59. The highest BCUT2D eigenvalue weighted by molar-refractivity contribution is 7.92. The second-order valence-electron chi connectivity index (χ2n) is 10.7. The molecule has 1 saturated carbocycles. The van der Waals surface area contributed by atoms with E-state index in [1.54, 1.807) is 12.4 Å². The second kappa shape index (κ2) is 11.5. The standard InChI is InChI=1S/C29H32ClFN6O3S/c1-2-21-15-33-37(29-26(31)5-6-27(28(29)30)34-41(38,39)24-7-12-40-19-24)18-25(21)22-13-23(16-32-14-22)36-10-8-35(9-11-36)17-20-3-4-20/h5-7,12-16,18-21,34H,2-4,8-11,17H2,1H3. The first-order valence-corrected chi connectivity index (χ1v) is 15.7. The van der Waals surface area contributed by atoms with E-state index < -0.39 is 15.8 Å². The van der Waals surface area contributed by atoms with Crippen LogP contribution in [0.25, 0.3) is 5.57 Å². The number of piperazine rings is 1. The summed E-state index contributed by atoms with van der Waals surface area (Å²) in [6.45, 7) is 7.25. The number of aromatic nitrogens is 1.